The Kier molecular flexibility index (Phi) is 5.01. The predicted molar refractivity (Wildman–Crippen MR) is 87.2 cm³/mol. The molecule has 0 aliphatic carbocycles. The predicted octanol–water partition coefficient (Wildman–Crippen LogP) is 3.71. The molecule has 1 aliphatic heterocycles. The van der Waals surface area contributed by atoms with E-state index < -0.39 is 10.0 Å². The second-order valence-electron chi connectivity index (χ2n) is 6.33. The van der Waals surface area contributed by atoms with Crippen LogP contribution in [-0.2, 0) is 15.9 Å². The van der Waals surface area contributed by atoms with E-state index in [1.165, 1.54) is 0 Å². The van der Waals surface area contributed by atoms with E-state index in [-0.39, 0.29) is 0 Å². The van der Waals surface area contributed by atoms with Gasteiger partial charge in [0, 0.05) is 19.0 Å². The van der Waals surface area contributed by atoms with Crippen molar-refractivity contribution in [3.8, 4) is 0 Å². The van der Waals surface area contributed by atoms with E-state index in [2.05, 4.69) is 13.8 Å². The third-order valence-corrected chi connectivity index (χ3v) is 6.82. The van der Waals surface area contributed by atoms with Gasteiger partial charge in [-0.25, -0.2) is 8.42 Å². The molecule has 1 unspecified atom stereocenters. The summed E-state index contributed by atoms with van der Waals surface area (Å²) in [5.41, 5.74) is 2.73. The highest BCUT2D eigenvalue weighted by Crippen LogP contribution is 2.31. The number of benzene rings is 1. The number of rotatable bonds is 4. The maximum Gasteiger partial charge on any atom is 0.243 e. The lowest BCUT2D eigenvalue weighted by molar-refractivity contribution is 0.388. The van der Waals surface area contributed by atoms with Crippen LogP contribution < -0.4 is 0 Å². The normalized spacial score (nSPS) is 20.4. The number of sulfonamides is 1. The van der Waals surface area contributed by atoms with Crippen LogP contribution in [0.4, 0.5) is 0 Å². The van der Waals surface area contributed by atoms with Crippen LogP contribution in [0.15, 0.2) is 17.0 Å². The van der Waals surface area contributed by atoms with Crippen LogP contribution >= 0.6 is 11.6 Å². The summed E-state index contributed by atoms with van der Waals surface area (Å²) in [7, 11) is -3.41. The molecule has 1 aromatic carbocycles. The van der Waals surface area contributed by atoms with Crippen molar-refractivity contribution >= 4 is 21.6 Å². The Morgan fingerprint density at radius 2 is 1.95 bits per heavy atom. The van der Waals surface area contributed by atoms with Gasteiger partial charge in [-0.3, -0.25) is 0 Å². The van der Waals surface area contributed by atoms with Crippen molar-refractivity contribution in [3.63, 3.8) is 0 Å². The fourth-order valence-corrected chi connectivity index (χ4v) is 5.01. The fourth-order valence-electron chi connectivity index (χ4n) is 2.95. The Labute approximate surface area is 133 Å². The molecule has 0 amide bonds. The SMILES string of the molecule is Cc1cc(C)c(S(=O)(=O)N2CCC(C(C)C)C2)cc1CCl. The molecule has 1 atom stereocenters. The van der Waals surface area contributed by atoms with Crippen molar-refractivity contribution in [1.29, 1.82) is 0 Å². The Morgan fingerprint density at radius 3 is 2.48 bits per heavy atom. The molecule has 118 valence electrons. The van der Waals surface area contributed by atoms with Crippen molar-refractivity contribution in [2.24, 2.45) is 11.8 Å². The van der Waals surface area contributed by atoms with Gasteiger partial charge >= 0.3 is 0 Å². The van der Waals surface area contributed by atoms with Gasteiger partial charge in [-0.05, 0) is 54.9 Å². The zero-order valence-corrected chi connectivity index (χ0v) is 14.8. The average Bonchev–Trinajstić information content (AvgIpc) is 2.89. The molecule has 2 rings (SSSR count). The minimum Gasteiger partial charge on any atom is -0.207 e. The van der Waals surface area contributed by atoms with Crippen LogP contribution in [0.1, 0.15) is 37.0 Å². The Bertz CT molecular complexity index is 625. The quantitative estimate of drug-likeness (QED) is 0.790. The molecule has 0 saturated carbocycles. The van der Waals surface area contributed by atoms with Crippen LogP contribution in [0, 0.1) is 25.7 Å². The lowest BCUT2D eigenvalue weighted by atomic mass is 9.96. The van der Waals surface area contributed by atoms with Crippen LogP contribution in [-0.4, -0.2) is 25.8 Å². The number of hydrogen-bond acceptors (Lipinski definition) is 2. The minimum absolute atomic E-state index is 0.337. The lowest BCUT2D eigenvalue weighted by Gasteiger charge is -2.20. The fraction of sp³-hybridized carbons (Fsp3) is 0.625. The summed E-state index contributed by atoms with van der Waals surface area (Å²) < 4.78 is 27.4. The Morgan fingerprint density at radius 1 is 1.29 bits per heavy atom. The number of alkyl halides is 1. The molecule has 0 spiro atoms. The van der Waals surface area contributed by atoms with E-state index >= 15 is 0 Å². The zero-order chi connectivity index (χ0) is 15.8. The number of hydrogen-bond donors (Lipinski definition) is 0. The van der Waals surface area contributed by atoms with Crippen molar-refractivity contribution in [1.82, 2.24) is 4.31 Å². The smallest absolute Gasteiger partial charge is 0.207 e. The summed E-state index contributed by atoms with van der Waals surface area (Å²) in [5.74, 6) is 1.31. The zero-order valence-electron chi connectivity index (χ0n) is 13.2. The van der Waals surface area contributed by atoms with Gasteiger partial charge in [0.15, 0.2) is 0 Å². The summed E-state index contributed by atoms with van der Waals surface area (Å²) in [6.45, 7) is 9.38. The third kappa shape index (κ3) is 3.27. The lowest BCUT2D eigenvalue weighted by Crippen LogP contribution is -2.30. The van der Waals surface area contributed by atoms with Crippen LogP contribution in [0.3, 0.4) is 0 Å². The van der Waals surface area contributed by atoms with Crippen LogP contribution in [0.2, 0.25) is 0 Å². The van der Waals surface area contributed by atoms with Crippen molar-refractivity contribution in [3.05, 3.63) is 28.8 Å². The second kappa shape index (κ2) is 6.27. The molecule has 1 saturated heterocycles. The van der Waals surface area contributed by atoms with Crippen LogP contribution in [0.5, 0.6) is 0 Å². The highest BCUT2D eigenvalue weighted by molar-refractivity contribution is 7.89. The Hall–Kier alpha value is -0.580. The molecular weight excluding hydrogens is 306 g/mol. The molecule has 1 aromatic rings. The number of aryl methyl sites for hydroxylation is 2. The van der Waals surface area contributed by atoms with E-state index in [0.717, 1.165) is 23.1 Å². The second-order valence-corrected chi connectivity index (χ2v) is 8.51. The molecule has 1 fully saturated rings. The van der Waals surface area contributed by atoms with Gasteiger partial charge in [0.2, 0.25) is 10.0 Å². The summed E-state index contributed by atoms with van der Waals surface area (Å²) >= 11 is 5.92. The van der Waals surface area contributed by atoms with Gasteiger partial charge in [0.05, 0.1) is 4.90 Å². The molecular formula is C16H24ClNO2S. The van der Waals surface area contributed by atoms with Gasteiger partial charge in [0.1, 0.15) is 0 Å². The van der Waals surface area contributed by atoms with Gasteiger partial charge < -0.3 is 0 Å². The number of nitrogens with zero attached hydrogens (tertiary/aromatic N) is 1. The van der Waals surface area contributed by atoms with Gasteiger partial charge in [0.25, 0.3) is 0 Å². The van der Waals surface area contributed by atoms with E-state index in [1.54, 1.807) is 10.4 Å². The molecule has 0 radical (unpaired) electrons. The van der Waals surface area contributed by atoms with Crippen molar-refractivity contribution < 1.29 is 8.42 Å². The topological polar surface area (TPSA) is 37.4 Å². The molecule has 5 heteroatoms. The highest BCUT2D eigenvalue weighted by Gasteiger charge is 2.34. The first-order valence-electron chi connectivity index (χ1n) is 7.43. The number of halogens is 1. The first kappa shape index (κ1) is 16.8. The summed E-state index contributed by atoms with van der Waals surface area (Å²) in [4.78, 5) is 0.410. The first-order valence-corrected chi connectivity index (χ1v) is 9.41. The molecule has 21 heavy (non-hydrogen) atoms. The van der Waals surface area contributed by atoms with Gasteiger partial charge in [-0.15, -0.1) is 11.6 Å². The van der Waals surface area contributed by atoms with Gasteiger partial charge in [-0.2, -0.15) is 4.31 Å². The molecule has 1 heterocycles. The summed E-state index contributed by atoms with van der Waals surface area (Å²) in [5, 5.41) is 0. The largest absolute Gasteiger partial charge is 0.243 e. The maximum absolute atomic E-state index is 12.9. The summed E-state index contributed by atoms with van der Waals surface area (Å²) in [6.07, 6.45) is 0.949. The van der Waals surface area contributed by atoms with E-state index in [1.807, 2.05) is 19.9 Å². The maximum atomic E-state index is 12.9. The first-order chi connectivity index (χ1) is 9.77. The highest BCUT2D eigenvalue weighted by atomic mass is 35.5. The van der Waals surface area contributed by atoms with E-state index in [0.29, 0.717) is 35.7 Å². The molecule has 0 aromatic heterocycles. The van der Waals surface area contributed by atoms with Crippen molar-refractivity contribution in [2.45, 2.75) is 44.9 Å². The third-order valence-electron chi connectivity index (χ3n) is 4.53. The molecule has 0 N–H and O–H groups in total. The molecule has 0 bridgehead atoms. The standard InChI is InChI=1S/C16H24ClNO2S/c1-11(2)14-5-6-18(10-14)21(19,20)16-8-15(9-17)12(3)7-13(16)4/h7-8,11,14H,5-6,9-10H2,1-4H3. The summed E-state index contributed by atoms with van der Waals surface area (Å²) in [6, 6.07) is 3.66. The molecule has 1 aliphatic rings. The monoisotopic (exact) mass is 329 g/mol. The van der Waals surface area contributed by atoms with E-state index in [4.69, 9.17) is 11.6 Å². The van der Waals surface area contributed by atoms with Crippen molar-refractivity contribution in [2.75, 3.05) is 13.1 Å². The van der Waals surface area contributed by atoms with Crippen LogP contribution in [0.25, 0.3) is 0 Å². The Balaban J connectivity index is 2.37. The molecule has 3 nitrogen and oxygen atoms in total. The van der Waals surface area contributed by atoms with Gasteiger partial charge in [-0.1, -0.05) is 19.9 Å². The van der Waals surface area contributed by atoms with E-state index in [9.17, 15) is 8.42 Å². The average molecular weight is 330 g/mol. The minimum atomic E-state index is -3.41.